The van der Waals surface area contributed by atoms with Crippen molar-refractivity contribution in [1.82, 2.24) is 0 Å². The zero-order valence-electron chi connectivity index (χ0n) is 9.83. The van der Waals surface area contributed by atoms with Gasteiger partial charge in [0.25, 0.3) is 0 Å². The molecule has 0 saturated heterocycles. The van der Waals surface area contributed by atoms with Crippen molar-refractivity contribution in [3.8, 4) is 0 Å². The van der Waals surface area contributed by atoms with Crippen LogP contribution < -0.4 is 0 Å². The van der Waals surface area contributed by atoms with Crippen LogP contribution in [0.1, 0.15) is 40.0 Å². The number of hydrogen-bond acceptors (Lipinski definition) is 2. The molecule has 0 heterocycles. The first kappa shape index (κ1) is 12.8. The Bertz CT molecular complexity index is 229. The van der Waals surface area contributed by atoms with Gasteiger partial charge < -0.3 is 0 Å². The van der Waals surface area contributed by atoms with E-state index in [1.54, 1.807) is 0 Å². The van der Waals surface area contributed by atoms with Gasteiger partial charge in [0.15, 0.2) is 0 Å². The molecule has 4 atom stereocenters. The van der Waals surface area contributed by atoms with Gasteiger partial charge in [-0.05, 0) is 0 Å². The van der Waals surface area contributed by atoms with E-state index >= 15 is 0 Å². The Morgan fingerprint density at radius 3 is 2.47 bits per heavy atom. The van der Waals surface area contributed by atoms with Crippen LogP contribution in [0.4, 0.5) is 0 Å². The molecule has 2 fully saturated rings. The van der Waals surface area contributed by atoms with Crippen LogP contribution >= 0.6 is 11.9 Å². The van der Waals surface area contributed by atoms with Crippen LogP contribution in [0.2, 0.25) is 3.43 Å². The van der Waals surface area contributed by atoms with Gasteiger partial charge in [-0.1, -0.05) is 0 Å². The zero-order valence-corrected chi connectivity index (χ0v) is 16.9. The minimum atomic E-state index is -0.855. The molecule has 0 amide bonds. The average molecular weight is 464 g/mol. The van der Waals surface area contributed by atoms with Crippen LogP contribution in [-0.4, -0.2) is 11.7 Å². The van der Waals surface area contributed by atoms with E-state index < -0.39 is 22.1 Å². The maximum atomic E-state index is 5.73. The summed E-state index contributed by atoms with van der Waals surface area (Å²) in [5, 5.41) is 0. The van der Waals surface area contributed by atoms with E-state index in [0.29, 0.717) is 6.10 Å². The third-order valence-corrected chi connectivity index (χ3v) is 15.9. The molecule has 0 spiro atoms. The van der Waals surface area contributed by atoms with Crippen LogP contribution in [0.3, 0.4) is 0 Å². The fourth-order valence-electron chi connectivity index (χ4n) is 2.92. The molecule has 2 saturated carbocycles. The van der Waals surface area contributed by atoms with E-state index in [4.69, 9.17) is 9.78 Å². The van der Waals surface area contributed by atoms with E-state index in [2.05, 4.69) is 11.9 Å². The summed E-state index contributed by atoms with van der Waals surface area (Å²) < 4.78 is 0.881. The first-order valence-electron chi connectivity index (χ1n) is 5.91. The van der Waals surface area contributed by atoms with Gasteiger partial charge in [-0.15, -0.1) is 0 Å². The van der Waals surface area contributed by atoms with Crippen molar-refractivity contribution in [1.29, 1.82) is 0 Å². The zero-order chi connectivity index (χ0) is 11.1. The average Bonchev–Trinajstić information content (AvgIpc) is 2.71. The molecular formula is C11H19BrHgO2. The fourth-order valence-corrected chi connectivity index (χ4v) is 15.9. The number of rotatable bonds is 3. The molecular weight excluding hydrogens is 445 g/mol. The first-order chi connectivity index (χ1) is 7.01. The fraction of sp³-hybridized carbons (Fsp3) is 1.00. The third kappa shape index (κ3) is 2.96. The molecule has 2 aliphatic carbocycles. The van der Waals surface area contributed by atoms with Crippen molar-refractivity contribution in [3.05, 3.63) is 0 Å². The molecule has 4 heteroatoms. The first-order valence-corrected chi connectivity index (χ1v) is 21.0. The molecule has 2 nitrogen and oxygen atoms in total. The summed E-state index contributed by atoms with van der Waals surface area (Å²) in [6.45, 7) is 6.15. The molecule has 84 valence electrons. The topological polar surface area (TPSA) is 18.5 Å². The van der Waals surface area contributed by atoms with Crippen LogP contribution in [0.25, 0.3) is 0 Å². The number of hydrogen-bond donors (Lipinski definition) is 0. The van der Waals surface area contributed by atoms with Gasteiger partial charge >= 0.3 is 111 Å². The molecule has 2 bridgehead atoms. The normalized spacial score (nSPS) is 39.5. The third-order valence-electron chi connectivity index (χ3n) is 3.59. The van der Waals surface area contributed by atoms with Gasteiger partial charge in [0.1, 0.15) is 0 Å². The minimum absolute atomic E-state index is 0.171. The quantitative estimate of drug-likeness (QED) is 0.361. The Hall–Kier alpha value is 1.34. The number of halogens is 1. The van der Waals surface area contributed by atoms with E-state index in [0.717, 1.165) is 15.3 Å². The second-order valence-electron chi connectivity index (χ2n) is 5.91. The van der Waals surface area contributed by atoms with Gasteiger partial charge in [0.05, 0.1) is 0 Å². The summed E-state index contributed by atoms with van der Waals surface area (Å²) in [7, 11) is 0. The van der Waals surface area contributed by atoms with E-state index in [1.807, 2.05) is 20.8 Å². The van der Waals surface area contributed by atoms with Gasteiger partial charge in [-0.25, -0.2) is 0 Å². The van der Waals surface area contributed by atoms with Gasteiger partial charge in [-0.3, -0.25) is 0 Å². The molecule has 2 rings (SSSR count). The van der Waals surface area contributed by atoms with Crippen LogP contribution in [0, 0.1) is 11.8 Å². The molecule has 2 unspecified atom stereocenters. The van der Waals surface area contributed by atoms with Crippen molar-refractivity contribution in [2.24, 2.45) is 11.8 Å². The SMILES string of the molecule is CC(C)(C)OOC1[CH]([Hg][Br])[C@@H]2CC[C@H]1C2. The molecule has 0 aromatic carbocycles. The molecule has 15 heavy (non-hydrogen) atoms. The van der Waals surface area contributed by atoms with E-state index in [-0.39, 0.29) is 5.60 Å². The van der Waals surface area contributed by atoms with Crippen LogP contribution in [0.5, 0.6) is 0 Å². The van der Waals surface area contributed by atoms with Gasteiger partial charge in [0.2, 0.25) is 0 Å². The Balaban J connectivity index is 1.91. The Kier molecular flexibility index (Phi) is 4.18. The monoisotopic (exact) mass is 464 g/mol. The standard InChI is InChI=1S/C11H19O2.BrH.Hg/c1-11(2,3)13-12-10-7-8-4-5-9(10)6-8;;/h7-10H,4-6H2,1-3H3;1H;/q;;+1/p-1/t8-,9+,10?;;/m1../s1. The second kappa shape index (κ2) is 4.91. The molecule has 0 N–H and O–H groups in total. The van der Waals surface area contributed by atoms with Gasteiger partial charge in [0, 0.05) is 0 Å². The van der Waals surface area contributed by atoms with E-state index in [1.165, 1.54) is 19.3 Å². The molecule has 2 aliphatic rings. The Labute approximate surface area is 110 Å². The van der Waals surface area contributed by atoms with Crippen LogP contribution in [-0.2, 0) is 31.9 Å². The van der Waals surface area contributed by atoms with Crippen molar-refractivity contribution in [2.75, 3.05) is 0 Å². The molecule has 0 radical (unpaired) electrons. The summed E-state index contributed by atoms with van der Waals surface area (Å²) >= 11 is 2.97. The van der Waals surface area contributed by atoms with Crippen molar-refractivity contribution in [3.63, 3.8) is 0 Å². The summed E-state index contributed by atoms with van der Waals surface area (Å²) in [6, 6.07) is 0. The predicted molar refractivity (Wildman–Crippen MR) is 59.2 cm³/mol. The van der Waals surface area contributed by atoms with E-state index in [9.17, 15) is 0 Å². The Morgan fingerprint density at radius 1 is 1.20 bits per heavy atom. The maximum absolute atomic E-state index is 5.73. The van der Waals surface area contributed by atoms with Crippen molar-refractivity contribution in [2.45, 2.75) is 55.2 Å². The van der Waals surface area contributed by atoms with Crippen molar-refractivity contribution < 1.29 is 31.9 Å². The summed E-state index contributed by atoms with van der Waals surface area (Å²) in [5.74, 6) is 1.75. The number of fused-ring (bicyclic) bond motifs is 2. The summed E-state index contributed by atoms with van der Waals surface area (Å²) in [6.07, 6.45) is 4.62. The summed E-state index contributed by atoms with van der Waals surface area (Å²) in [5.41, 5.74) is -0.171. The summed E-state index contributed by atoms with van der Waals surface area (Å²) in [4.78, 5) is 11.2. The molecule has 0 aromatic heterocycles. The molecule has 0 aliphatic heterocycles. The Morgan fingerprint density at radius 2 is 1.87 bits per heavy atom. The molecule has 0 aromatic rings. The second-order valence-corrected chi connectivity index (χ2v) is 16.5. The predicted octanol–water partition coefficient (Wildman–Crippen LogP) is 3.71. The van der Waals surface area contributed by atoms with Crippen molar-refractivity contribution >= 4 is 11.9 Å². The van der Waals surface area contributed by atoms with Crippen LogP contribution in [0.15, 0.2) is 0 Å². The van der Waals surface area contributed by atoms with Gasteiger partial charge in [-0.2, -0.15) is 0 Å².